The SMILES string of the molecule is CNC(=O)NC1CCN(C)C(C)C1. The first-order valence-corrected chi connectivity index (χ1v) is 4.82. The van der Waals surface area contributed by atoms with Gasteiger partial charge in [-0.2, -0.15) is 0 Å². The van der Waals surface area contributed by atoms with E-state index < -0.39 is 0 Å². The van der Waals surface area contributed by atoms with E-state index >= 15 is 0 Å². The molecule has 1 aliphatic heterocycles. The minimum atomic E-state index is -0.0678. The lowest BCUT2D eigenvalue weighted by Crippen LogP contribution is -2.49. The van der Waals surface area contributed by atoms with Gasteiger partial charge in [-0.25, -0.2) is 4.79 Å². The van der Waals surface area contributed by atoms with Gasteiger partial charge in [-0.15, -0.1) is 0 Å². The third-order valence-corrected chi connectivity index (χ3v) is 2.77. The summed E-state index contributed by atoms with van der Waals surface area (Å²) < 4.78 is 0. The number of likely N-dealkylation sites (tertiary alicyclic amines) is 1. The average Bonchev–Trinajstić information content (AvgIpc) is 2.11. The van der Waals surface area contributed by atoms with Crippen molar-refractivity contribution in [3.05, 3.63) is 0 Å². The summed E-state index contributed by atoms with van der Waals surface area (Å²) in [7, 11) is 3.77. The van der Waals surface area contributed by atoms with Crippen LogP contribution < -0.4 is 10.6 Å². The first kappa shape index (κ1) is 10.3. The highest BCUT2D eigenvalue weighted by atomic mass is 16.2. The third kappa shape index (κ3) is 2.88. The number of nitrogens with zero attached hydrogens (tertiary/aromatic N) is 1. The molecule has 0 aromatic rings. The average molecular weight is 185 g/mol. The first-order valence-electron chi connectivity index (χ1n) is 4.82. The lowest BCUT2D eigenvalue weighted by molar-refractivity contribution is 0.168. The minimum Gasteiger partial charge on any atom is -0.341 e. The summed E-state index contributed by atoms with van der Waals surface area (Å²) in [5.74, 6) is 0. The van der Waals surface area contributed by atoms with Gasteiger partial charge in [0.05, 0.1) is 0 Å². The lowest BCUT2D eigenvalue weighted by atomic mass is 9.99. The molecular formula is C9H19N3O. The Kier molecular flexibility index (Phi) is 3.54. The van der Waals surface area contributed by atoms with Crippen LogP contribution in [0.1, 0.15) is 19.8 Å². The number of carbonyl (C=O) groups is 1. The van der Waals surface area contributed by atoms with E-state index in [1.165, 1.54) is 0 Å². The Morgan fingerprint density at radius 1 is 1.54 bits per heavy atom. The fraction of sp³-hybridized carbons (Fsp3) is 0.889. The number of hydrogen-bond acceptors (Lipinski definition) is 2. The maximum atomic E-state index is 11.0. The molecule has 4 heteroatoms. The molecule has 2 unspecified atom stereocenters. The Morgan fingerprint density at radius 3 is 2.77 bits per heavy atom. The van der Waals surface area contributed by atoms with Crippen LogP contribution in [-0.4, -0.2) is 43.7 Å². The molecule has 2 N–H and O–H groups in total. The van der Waals surface area contributed by atoms with Crippen LogP contribution in [0.3, 0.4) is 0 Å². The second-order valence-electron chi connectivity index (χ2n) is 3.77. The topological polar surface area (TPSA) is 44.4 Å². The summed E-state index contributed by atoms with van der Waals surface area (Å²) in [4.78, 5) is 13.4. The van der Waals surface area contributed by atoms with Gasteiger partial charge in [0.2, 0.25) is 0 Å². The van der Waals surface area contributed by atoms with Gasteiger partial charge in [0.15, 0.2) is 0 Å². The summed E-state index contributed by atoms with van der Waals surface area (Å²) in [5, 5.41) is 5.52. The molecule has 0 aromatic carbocycles. The molecule has 0 bridgehead atoms. The molecule has 1 rings (SSSR count). The zero-order valence-corrected chi connectivity index (χ0v) is 8.63. The van der Waals surface area contributed by atoms with Crippen molar-refractivity contribution in [3.63, 3.8) is 0 Å². The van der Waals surface area contributed by atoms with E-state index in [1.54, 1.807) is 7.05 Å². The molecule has 0 aromatic heterocycles. The highest BCUT2D eigenvalue weighted by Crippen LogP contribution is 2.14. The van der Waals surface area contributed by atoms with Crippen LogP contribution in [0.5, 0.6) is 0 Å². The van der Waals surface area contributed by atoms with Crippen LogP contribution in [0.15, 0.2) is 0 Å². The summed E-state index contributed by atoms with van der Waals surface area (Å²) in [5.41, 5.74) is 0. The van der Waals surface area contributed by atoms with Crippen molar-refractivity contribution >= 4 is 6.03 Å². The van der Waals surface area contributed by atoms with Crippen molar-refractivity contribution in [1.82, 2.24) is 15.5 Å². The molecular weight excluding hydrogens is 166 g/mol. The van der Waals surface area contributed by atoms with E-state index in [4.69, 9.17) is 0 Å². The molecule has 1 saturated heterocycles. The molecule has 1 aliphatic rings. The van der Waals surface area contributed by atoms with Gasteiger partial charge < -0.3 is 15.5 Å². The van der Waals surface area contributed by atoms with Gasteiger partial charge in [-0.1, -0.05) is 0 Å². The summed E-state index contributed by atoms with van der Waals surface area (Å²) >= 11 is 0. The highest BCUT2D eigenvalue weighted by Gasteiger charge is 2.23. The van der Waals surface area contributed by atoms with Crippen LogP contribution in [0, 0.1) is 0 Å². The van der Waals surface area contributed by atoms with Crippen LogP contribution in [0.2, 0.25) is 0 Å². The van der Waals surface area contributed by atoms with Crippen molar-refractivity contribution in [1.29, 1.82) is 0 Å². The number of nitrogens with one attached hydrogen (secondary N) is 2. The van der Waals surface area contributed by atoms with Gasteiger partial charge in [0, 0.05) is 25.7 Å². The molecule has 2 atom stereocenters. The lowest BCUT2D eigenvalue weighted by Gasteiger charge is -2.35. The van der Waals surface area contributed by atoms with E-state index in [0.717, 1.165) is 19.4 Å². The second-order valence-corrected chi connectivity index (χ2v) is 3.77. The quantitative estimate of drug-likeness (QED) is 0.621. The van der Waals surface area contributed by atoms with Crippen LogP contribution in [-0.2, 0) is 0 Å². The highest BCUT2D eigenvalue weighted by molar-refractivity contribution is 5.73. The number of hydrogen-bond donors (Lipinski definition) is 2. The van der Waals surface area contributed by atoms with Gasteiger partial charge in [-0.05, 0) is 26.8 Å². The fourth-order valence-electron chi connectivity index (χ4n) is 1.68. The van der Waals surface area contributed by atoms with Crippen molar-refractivity contribution in [2.24, 2.45) is 0 Å². The second kappa shape index (κ2) is 4.46. The Labute approximate surface area is 79.7 Å². The molecule has 0 spiro atoms. The predicted molar refractivity (Wildman–Crippen MR) is 52.7 cm³/mol. The van der Waals surface area contributed by atoms with Gasteiger partial charge >= 0.3 is 6.03 Å². The third-order valence-electron chi connectivity index (χ3n) is 2.77. The summed E-state index contributed by atoms with van der Waals surface area (Å²) in [6.07, 6.45) is 2.10. The van der Waals surface area contributed by atoms with E-state index in [9.17, 15) is 4.79 Å². The number of piperidine rings is 1. The summed E-state index contributed by atoms with van der Waals surface area (Å²) in [6, 6.07) is 0.837. The number of carbonyl (C=O) groups excluding carboxylic acids is 1. The fourth-order valence-corrected chi connectivity index (χ4v) is 1.68. The molecule has 1 fully saturated rings. The normalized spacial score (nSPS) is 29.8. The number of rotatable bonds is 1. The molecule has 4 nitrogen and oxygen atoms in total. The van der Waals surface area contributed by atoms with Crippen molar-refractivity contribution < 1.29 is 4.79 Å². The van der Waals surface area contributed by atoms with Crippen LogP contribution >= 0.6 is 0 Å². The largest absolute Gasteiger partial charge is 0.341 e. The van der Waals surface area contributed by atoms with E-state index in [-0.39, 0.29) is 6.03 Å². The van der Waals surface area contributed by atoms with E-state index in [1.807, 2.05) is 0 Å². The molecule has 13 heavy (non-hydrogen) atoms. The van der Waals surface area contributed by atoms with E-state index in [2.05, 4.69) is 29.5 Å². The van der Waals surface area contributed by atoms with Gasteiger partial charge in [0.1, 0.15) is 0 Å². The summed E-state index contributed by atoms with van der Waals surface area (Å²) in [6.45, 7) is 3.26. The van der Waals surface area contributed by atoms with Crippen LogP contribution in [0.4, 0.5) is 4.79 Å². The van der Waals surface area contributed by atoms with E-state index in [0.29, 0.717) is 12.1 Å². The van der Waals surface area contributed by atoms with Crippen LogP contribution in [0.25, 0.3) is 0 Å². The molecule has 1 heterocycles. The van der Waals surface area contributed by atoms with Gasteiger partial charge in [0.25, 0.3) is 0 Å². The Balaban J connectivity index is 2.33. The Hall–Kier alpha value is -0.770. The smallest absolute Gasteiger partial charge is 0.314 e. The van der Waals surface area contributed by atoms with Crippen molar-refractivity contribution in [2.75, 3.05) is 20.6 Å². The molecule has 76 valence electrons. The Bertz CT molecular complexity index is 184. The zero-order valence-electron chi connectivity index (χ0n) is 8.63. The molecule has 0 radical (unpaired) electrons. The van der Waals surface area contributed by atoms with Crippen molar-refractivity contribution in [2.45, 2.75) is 31.8 Å². The molecule has 0 aliphatic carbocycles. The van der Waals surface area contributed by atoms with Crippen molar-refractivity contribution in [3.8, 4) is 0 Å². The standard InChI is InChI=1S/C9H19N3O/c1-7-6-8(4-5-12(7)3)11-9(13)10-2/h7-8H,4-6H2,1-3H3,(H2,10,11,13). The number of amides is 2. The molecule has 2 amide bonds. The first-order chi connectivity index (χ1) is 6.13. The molecule has 0 saturated carbocycles. The zero-order chi connectivity index (χ0) is 9.84. The number of urea groups is 1. The monoisotopic (exact) mass is 185 g/mol. The van der Waals surface area contributed by atoms with Gasteiger partial charge in [-0.3, -0.25) is 0 Å². The minimum absolute atomic E-state index is 0.0678. The predicted octanol–water partition coefficient (Wildman–Crippen LogP) is 0.398. The maximum absolute atomic E-state index is 11.0. The Morgan fingerprint density at radius 2 is 2.23 bits per heavy atom. The maximum Gasteiger partial charge on any atom is 0.314 e.